The number of nitrogens with zero attached hydrogens (tertiary/aromatic N) is 1. The van der Waals surface area contributed by atoms with E-state index in [1.165, 1.54) is 11.1 Å². The second kappa shape index (κ2) is 2.39. The molecule has 1 aromatic rings. The van der Waals surface area contributed by atoms with Gasteiger partial charge in [0, 0.05) is 0 Å². The molecule has 0 radical (unpaired) electrons. The minimum Gasteiger partial charge on any atom is -0.198 e. The van der Waals surface area contributed by atoms with Gasteiger partial charge in [-0.1, -0.05) is 24.3 Å². The van der Waals surface area contributed by atoms with Crippen molar-refractivity contribution < 1.29 is 0 Å². The van der Waals surface area contributed by atoms with Crippen LogP contribution in [-0.4, -0.2) is 0 Å². The maximum absolute atomic E-state index is 8.76. The second-order valence-electron chi connectivity index (χ2n) is 2.92. The van der Waals surface area contributed by atoms with Crippen molar-refractivity contribution in [3.63, 3.8) is 0 Å². The van der Waals surface area contributed by atoms with E-state index in [1.807, 2.05) is 12.1 Å². The molecule has 0 spiro atoms. The lowest BCUT2D eigenvalue weighted by Crippen LogP contribution is -1.86. The summed E-state index contributed by atoms with van der Waals surface area (Å²) >= 11 is 0. The van der Waals surface area contributed by atoms with Crippen molar-refractivity contribution in [3.05, 3.63) is 35.4 Å². The van der Waals surface area contributed by atoms with Gasteiger partial charge in [-0.15, -0.1) is 0 Å². The molecule has 1 unspecified atom stereocenters. The largest absolute Gasteiger partial charge is 0.198 e. The maximum Gasteiger partial charge on any atom is 0.0718 e. The van der Waals surface area contributed by atoms with E-state index in [4.69, 9.17) is 5.26 Å². The molecule has 54 valence electrons. The molecule has 0 fully saturated rings. The predicted octanol–water partition coefficient (Wildman–Crippen LogP) is 2.24. The zero-order chi connectivity index (χ0) is 7.68. The van der Waals surface area contributed by atoms with E-state index in [9.17, 15) is 0 Å². The Bertz CT molecular complexity index is 309. The van der Waals surface area contributed by atoms with Crippen molar-refractivity contribution in [1.82, 2.24) is 0 Å². The molecule has 2 rings (SSSR count). The van der Waals surface area contributed by atoms with Gasteiger partial charge in [-0.2, -0.15) is 5.26 Å². The molecule has 0 aromatic heterocycles. The number of rotatable bonds is 0. The van der Waals surface area contributed by atoms with Gasteiger partial charge in [-0.25, -0.2) is 0 Å². The SMILES string of the molecule is N#CC1CCc2ccccc21. The Balaban J connectivity index is 2.49. The molecule has 0 saturated carbocycles. The van der Waals surface area contributed by atoms with Crippen molar-refractivity contribution in [1.29, 1.82) is 5.26 Å². The third-order valence-corrected chi connectivity index (χ3v) is 2.29. The molecule has 1 aliphatic carbocycles. The highest BCUT2D eigenvalue weighted by molar-refractivity contribution is 5.38. The summed E-state index contributed by atoms with van der Waals surface area (Å²) < 4.78 is 0. The van der Waals surface area contributed by atoms with Gasteiger partial charge in [0.15, 0.2) is 0 Å². The summed E-state index contributed by atoms with van der Waals surface area (Å²) in [5.74, 6) is 0.159. The molecule has 1 heteroatoms. The molecule has 1 atom stereocenters. The summed E-state index contributed by atoms with van der Waals surface area (Å²) in [4.78, 5) is 0. The van der Waals surface area contributed by atoms with Gasteiger partial charge in [-0.3, -0.25) is 0 Å². The van der Waals surface area contributed by atoms with Crippen molar-refractivity contribution in [3.8, 4) is 6.07 Å². The molecule has 0 heterocycles. The van der Waals surface area contributed by atoms with Crippen LogP contribution in [0.5, 0.6) is 0 Å². The van der Waals surface area contributed by atoms with Crippen molar-refractivity contribution in [2.45, 2.75) is 18.8 Å². The van der Waals surface area contributed by atoms with Crippen LogP contribution in [0.1, 0.15) is 23.5 Å². The van der Waals surface area contributed by atoms with Crippen LogP contribution in [0.2, 0.25) is 0 Å². The number of benzene rings is 1. The molecule has 0 aliphatic heterocycles. The first kappa shape index (κ1) is 6.42. The smallest absolute Gasteiger partial charge is 0.0718 e. The molecular weight excluding hydrogens is 134 g/mol. The average molecular weight is 143 g/mol. The Labute approximate surface area is 66.3 Å². The number of hydrogen-bond acceptors (Lipinski definition) is 1. The summed E-state index contributed by atoms with van der Waals surface area (Å²) in [6.45, 7) is 0. The monoisotopic (exact) mass is 143 g/mol. The summed E-state index contributed by atoms with van der Waals surface area (Å²) in [6.07, 6.45) is 2.09. The van der Waals surface area contributed by atoms with E-state index in [-0.39, 0.29) is 5.92 Å². The molecule has 0 amide bonds. The molecule has 1 aromatic carbocycles. The highest BCUT2D eigenvalue weighted by Crippen LogP contribution is 2.31. The topological polar surface area (TPSA) is 23.8 Å². The fourth-order valence-electron chi connectivity index (χ4n) is 1.69. The quantitative estimate of drug-likeness (QED) is 0.546. The van der Waals surface area contributed by atoms with Crippen LogP contribution in [0.15, 0.2) is 24.3 Å². The summed E-state index contributed by atoms with van der Waals surface area (Å²) in [5.41, 5.74) is 2.61. The fraction of sp³-hybridized carbons (Fsp3) is 0.300. The molecule has 1 aliphatic rings. The standard InChI is InChI=1S/C10H9N/c11-7-9-6-5-8-3-1-2-4-10(8)9/h1-4,9H,5-6H2. The first-order valence-corrected chi connectivity index (χ1v) is 3.89. The average Bonchev–Trinajstić information content (AvgIpc) is 2.47. The number of fused-ring (bicyclic) bond motifs is 1. The molecule has 11 heavy (non-hydrogen) atoms. The van der Waals surface area contributed by atoms with E-state index >= 15 is 0 Å². The Kier molecular flexibility index (Phi) is 1.40. The molecule has 0 bridgehead atoms. The van der Waals surface area contributed by atoms with Crippen LogP contribution in [0.25, 0.3) is 0 Å². The van der Waals surface area contributed by atoms with Gasteiger partial charge in [0.25, 0.3) is 0 Å². The van der Waals surface area contributed by atoms with Crippen molar-refractivity contribution in [2.75, 3.05) is 0 Å². The minimum absolute atomic E-state index is 0.159. The zero-order valence-corrected chi connectivity index (χ0v) is 6.25. The van der Waals surface area contributed by atoms with Gasteiger partial charge in [0.2, 0.25) is 0 Å². The zero-order valence-electron chi connectivity index (χ0n) is 6.25. The van der Waals surface area contributed by atoms with Gasteiger partial charge in [0.1, 0.15) is 0 Å². The van der Waals surface area contributed by atoms with E-state index in [0.29, 0.717) is 0 Å². The second-order valence-corrected chi connectivity index (χ2v) is 2.92. The van der Waals surface area contributed by atoms with Crippen molar-refractivity contribution in [2.24, 2.45) is 0 Å². The molecule has 0 N–H and O–H groups in total. The Morgan fingerprint density at radius 3 is 3.00 bits per heavy atom. The Hall–Kier alpha value is -1.29. The molecule has 0 saturated heterocycles. The van der Waals surface area contributed by atoms with E-state index in [1.54, 1.807) is 0 Å². The normalized spacial score (nSPS) is 20.8. The minimum atomic E-state index is 0.159. The van der Waals surface area contributed by atoms with Gasteiger partial charge < -0.3 is 0 Å². The van der Waals surface area contributed by atoms with Crippen LogP contribution in [0, 0.1) is 11.3 Å². The number of nitriles is 1. The van der Waals surface area contributed by atoms with E-state index in [0.717, 1.165) is 12.8 Å². The lowest BCUT2D eigenvalue weighted by Gasteiger charge is -1.98. The number of aryl methyl sites for hydroxylation is 1. The third kappa shape index (κ3) is 0.914. The lowest BCUT2D eigenvalue weighted by atomic mass is 10.0. The summed E-state index contributed by atoms with van der Waals surface area (Å²) in [6, 6.07) is 10.6. The molecule has 1 nitrogen and oxygen atoms in total. The van der Waals surface area contributed by atoms with Crippen LogP contribution < -0.4 is 0 Å². The maximum atomic E-state index is 8.76. The van der Waals surface area contributed by atoms with Crippen LogP contribution >= 0.6 is 0 Å². The van der Waals surface area contributed by atoms with Gasteiger partial charge in [0.05, 0.1) is 12.0 Å². The highest BCUT2D eigenvalue weighted by Gasteiger charge is 2.20. The summed E-state index contributed by atoms with van der Waals surface area (Å²) in [5, 5.41) is 8.76. The highest BCUT2D eigenvalue weighted by atomic mass is 14.3. The Morgan fingerprint density at radius 1 is 1.36 bits per heavy atom. The van der Waals surface area contributed by atoms with Gasteiger partial charge >= 0.3 is 0 Å². The number of hydrogen-bond donors (Lipinski definition) is 0. The fourth-order valence-corrected chi connectivity index (χ4v) is 1.69. The van der Waals surface area contributed by atoms with Crippen LogP contribution in [0.3, 0.4) is 0 Å². The molecular formula is C10H9N. The van der Waals surface area contributed by atoms with Crippen LogP contribution in [0.4, 0.5) is 0 Å². The van der Waals surface area contributed by atoms with E-state index in [2.05, 4.69) is 18.2 Å². The Morgan fingerprint density at radius 2 is 2.18 bits per heavy atom. The van der Waals surface area contributed by atoms with Crippen molar-refractivity contribution >= 4 is 0 Å². The summed E-state index contributed by atoms with van der Waals surface area (Å²) in [7, 11) is 0. The van der Waals surface area contributed by atoms with Gasteiger partial charge in [-0.05, 0) is 24.0 Å². The van der Waals surface area contributed by atoms with Crippen LogP contribution in [-0.2, 0) is 6.42 Å². The van der Waals surface area contributed by atoms with E-state index < -0.39 is 0 Å². The predicted molar refractivity (Wildman–Crippen MR) is 43.1 cm³/mol. The third-order valence-electron chi connectivity index (χ3n) is 2.29. The first-order valence-electron chi connectivity index (χ1n) is 3.89. The lowest BCUT2D eigenvalue weighted by molar-refractivity contribution is 0.826. The first-order chi connectivity index (χ1) is 5.42.